The molecule has 0 spiro atoms. The van der Waals surface area contributed by atoms with Gasteiger partial charge in [-0.25, -0.2) is 0 Å². The maximum absolute atomic E-state index is 10.8. The van der Waals surface area contributed by atoms with Crippen LogP contribution in [0, 0.1) is 0 Å². The Labute approximate surface area is 88.7 Å². The molecule has 1 heterocycles. The van der Waals surface area contributed by atoms with Crippen molar-refractivity contribution in [2.75, 3.05) is 14.1 Å². The zero-order chi connectivity index (χ0) is 9.84. The molecule has 1 unspecified atom stereocenters. The quantitative estimate of drug-likeness (QED) is 0.793. The van der Waals surface area contributed by atoms with Gasteiger partial charge < -0.3 is 5.11 Å². The number of likely N-dealkylation sites (N-methyl/N-ethyl adjacent to an activating group) is 1. The van der Waals surface area contributed by atoms with Gasteiger partial charge in [-0.15, -0.1) is 12.4 Å². The minimum atomic E-state index is -0.833. The number of carboxylic acids is 1. The third-order valence-corrected chi connectivity index (χ3v) is 1.83. The van der Waals surface area contributed by atoms with E-state index in [4.69, 9.17) is 5.11 Å². The lowest BCUT2D eigenvalue weighted by molar-refractivity contribution is -0.142. The molecule has 1 atom stereocenters. The predicted octanol–water partition coefficient (Wildman–Crippen LogP) is 0.320. The Morgan fingerprint density at radius 2 is 2.29 bits per heavy atom. The molecule has 5 nitrogen and oxygen atoms in total. The van der Waals surface area contributed by atoms with Crippen LogP contribution in [-0.4, -0.2) is 45.9 Å². The van der Waals surface area contributed by atoms with Crippen molar-refractivity contribution in [3.05, 3.63) is 18.5 Å². The normalized spacial score (nSPS) is 12.2. The van der Waals surface area contributed by atoms with E-state index in [-0.39, 0.29) is 12.4 Å². The molecule has 0 aliphatic carbocycles. The molecule has 0 saturated carbocycles. The Balaban J connectivity index is 0.00000169. The number of hydrogen-bond donors (Lipinski definition) is 1. The van der Waals surface area contributed by atoms with Gasteiger partial charge in [-0.05, 0) is 20.2 Å². The highest BCUT2D eigenvalue weighted by atomic mass is 35.5. The SMILES string of the molecule is CN(C)C(Cn1cccn1)C(=O)O.Cl. The summed E-state index contributed by atoms with van der Waals surface area (Å²) in [5, 5.41) is 12.8. The molecular weight excluding hydrogens is 206 g/mol. The molecule has 0 aromatic carbocycles. The molecule has 0 bridgehead atoms. The van der Waals surface area contributed by atoms with Gasteiger partial charge in [0.2, 0.25) is 0 Å². The van der Waals surface area contributed by atoms with Gasteiger partial charge in [-0.2, -0.15) is 5.10 Å². The maximum atomic E-state index is 10.8. The number of halogens is 1. The van der Waals surface area contributed by atoms with Crippen LogP contribution in [0.1, 0.15) is 0 Å². The average Bonchev–Trinajstić information content (AvgIpc) is 2.50. The fourth-order valence-corrected chi connectivity index (χ4v) is 1.05. The number of aliphatic carboxylic acids is 1. The summed E-state index contributed by atoms with van der Waals surface area (Å²) in [4.78, 5) is 12.4. The number of hydrogen-bond acceptors (Lipinski definition) is 3. The van der Waals surface area contributed by atoms with Crippen LogP contribution in [0.5, 0.6) is 0 Å². The van der Waals surface area contributed by atoms with Crippen molar-refractivity contribution in [3.8, 4) is 0 Å². The summed E-state index contributed by atoms with van der Waals surface area (Å²) in [6.45, 7) is 0.370. The average molecular weight is 220 g/mol. The van der Waals surface area contributed by atoms with Gasteiger partial charge in [0, 0.05) is 12.4 Å². The highest BCUT2D eigenvalue weighted by Crippen LogP contribution is 1.97. The zero-order valence-corrected chi connectivity index (χ0v) is 8.94. The largest absolute Gasteiger partial charge is 0.480 e. The number of carbonyl (C=O) groups is 1. The number of carboxylic acid groups (broad SMARTS) is 1. The van der Waals surface area contributed by atoms with E-state index >= 15 is 0 Å². The lowest BCUT2D eigenvalue weighted by Crippen LogP contribution is -2.39. The lowest BCUT2D eigenvalue weighted by atomic mass is 10.3. The standard InChI is InChI=1S/C8H13N3O2.ClH/c1-10(2)7(8(12)13)6-11-5-3-4-9-11;/h3-5,7H,6H2,1-2H3,(H,12,13);1H. The van der Waals surface area contributed by atoms with Crippen molar-refractivity contribution in [2.24, 2.45) is 0 Å². The second kappa shape index (κ2) is 5.62. The molecule has 80 valence electrons. The molecule has 0 fully saturated rings. The Morgan fingerprint density at radius 1 is 1.64 bits per heavy atom. The zero-order valence-electron chi connectivity index (χ0n) is 8.12. The number of rotatable bonds is 4. The highest BCUT2D eigenvalue weighted by Gasteiger charge is 2.19. The van der Waals surface area contributed by atoms with Crippen molar-refractivity contribution in [3.63, 3.8) is 0 Å². The Hall–Kier alpha value is -1.07. The van der Waals surface area contributed by atoms with Crippen molar-refractivity contribution in [1.82, 2.24) is 14.7 Å². The van der Waals surface area contributed by atoms with Gasteiger partial charge in [-0.1, -0.05) is 0 Å². The van der Waals surface area contributed by atoms with E-state index < -0.39 is 12.0 Å². The first-order valence-corrected chi connectivity index (χ1v) is 3.98. The molecule has 0 saturated heterocycles. The lowest BCUT2D eigenvalue weighted by Gasteiger charge is -2.19. The van der Waals surface area contributed by atoms with Crippen LogP contribution in [0.15, 0.2) is 18.5 Å². The summed E-state index contributed by atoms with van der Waals surface area (Å²) in [5.74, 6) is -0.833. The second-order valence-electron chi connectivity index (χ2n) is 3.05. The molecule has 1 rings (SSSR count). The van der Waals surface area contributed by atoms with E-state index in [0.717, 1.165) is 0 Å². The monoisotopic (exact) mass is 219 g/mol. The van der Waals surface area contributed by atoms with Crippen LogP contribution in [0.2, 0.25) is 0 Å². The summed E-state index contributed by atoms with van der Waals surface area (Å²) < 4.78 is 1.61. The summed E-state index contributed by atoms with van der Waals surface area (Å²) >= 11 is 0. The van der Waals surface area contributed by atoms with Crippen LogP contribution in [-0.2, 0) is 11.3 Å². The molecule has 1 aromatic rings. The summed E-state index contributed by atoms with van der Waals surface area (Å²) in [7, 11) is 3.48. The van der Waals surface area contributed by atoms with Gasteiger partial charge in [0.1, 0.15) is 6.04 Å². The van der Waals surface area contributed by atoms with E-state index in [2.05, 4.69) is 5.10 Å². The Kier molecular flexibility index (Phi) is 5.19. The van der Waals surface area contributed by atoms with Gasteiger partial charge in [0.25, 0.3) is 0 Å². The number of aromatic nitrogens is 2. The van der Waals surface area contributed by atoms with Crippen molar-refractivity contribution >= 4 is 18.4 Å². The molecule has 1 aromatic heterocycles. The van der Waals surface area contributed by atoms with Crippen LogP contribution < -0.4 is 0 Å². The molecule has 6 heteroatoms. The molecule has 0 amide bonds. The molecule has 14 heavy (non-hydrogen) atoms. The second-order valence-corrected chi connectivity index (χ2v) is 3.05. The topological polar surface area (TPSA) is 58.4 Å². The van der Waals surface area contributed by atoms with E-state index in [1.165, 1.54) is 0 Å². The van der Waals surface area contributed by atoms with E-state index in [9.17, 15) is 4.79 Å². The third-order valence-electron chi connectivity index (χ3n) is 1.83. The Bertz CT molecular complexity index is 274. The first-order valence-electron chi connectivity index (χ1n) is 3.98. The highest BCUT2D eigenvalue weighted by molar-refractivity contribution is 5.85. The molecule has 0 radical (unpaired) electrons. The van der Waals surface area contributed by atoms with Crippen LogP contribution >= 0.6 is 12.4 Å². The third kappa shape index (κ3) is 3.35. The van der Waals surface area contributed by atoms with Crippen molar-refractivity contribution < 1.29 is 9.90 Å². The maximum Gasteiger partial charge on any atom is 0.322 e. The smallest absolute Gasteiger partial charge is 0.322 e. The van der Waals surface area contributed by atoms with Crippen molar-refractivity contribution in [1.29, 1.82) is 0 Å². The number of nitrogens with zero attached hydrogens (tertiary/aromatic N) is 3. The summed E-state index contributed by atoms with van der Waals surface area (Å²) in [6.07, 6.45) is 3.38. The Morgan fingerprint density at radius 3 is 2.64 bits per heavy atom. The van der Waals surface area contributed by atoms with Crippen LogP contribution in [0.4, 0.5) is 0 Å². The first kappa shape index (κ1) is 12.9. The summed E-state index contributed by atoms with van der Waals surface area (Å²) in [6, 6.07) is 1.24. The molecule has 0 aliphatic heterocycles. The van der Waals surface area contributed by atoms with Gasteiger partial charge in [-0.3, -0.25) is 14.4 Å². The van der Waals surface area contributed by atoms with Crippen LogP contribution in [0.25, 0.3) is 0 Å². The summed E-state index contributed by atoms with van der Waals surface area (Å²) in [5.41, 5.74) is 0. The van der Waals surface area contributed by atoms with Gasteiger partial charge >= 0.3 is 5.97 Å². The molecule has 1 N–H and O–H groups in total. The fourth-order valence-electron chi connectivity index (χ4n) is 1.05. The molecule has 0 aliphatic rings. The van der Waals surface area contributed by atoms with Crippen LogP contribution in [0.3, 0.4) is 0 Å². The van der Waals surface area contributed by atoms with E-state index in [1.807, 2.05) is 0 Å². The minimum Gasteiger partial charge on any atom is -0.480 e. The fraction of sp³-hybridized carbons (Fsp3) is 0.500. The van der Waals surface area contributed by atoms with Gasteiger partial charge in [0.15, 0.2) is 0 Å². The van der Waals surface area contributed by atoms with Gasteiger partial charge in [0.05, 0.1) is 6.54 Å². The predicted molar refractivity (Wildman–Crippen MR) is 54.6 cm³/mol. The van der Waals surface area contributed by atoms with E-state index in [1.54, 1.807) is 42.1 Å². The van der Waals surface area contributed by atoms with E-state index in [0.29, 0.717) is 6.54 Å². The first-order chi connectivity index (χ1) is 6.11. The minimum absolute atomic E-state index is 0. The molecular formula is C8H14ClN3O2. The van der Waals surface area contributed by atoms with Crippen molar-refractivity contribution in [2.45, 2.75) is 12.6 Å².